The summed E-state index contributed by atoms with van der Waals surface area (Å²) in [5, 5.41) is 2.93. The molecule has 0 atom stereocenters. The lowest BCUT2D eigenvalue weighted by atomic mass is 10.7. The number of rotatable bonds is 0. The van der Waals surface area contributed by atoms with Gasteiger partial charge in [0.1, 0.15) is 0 Å². The van der Waals surface area contributed by atoms with Gasteiger partial charge in [0.2, 0.25) is 0 Å². The maximum Gasteiger partial charge on any atom is 0.324 e. The Bertz CT molecular complexity index is 78.4. The van der Waals surface area contributed by atoms with Crippen LogP contribution < -0.4 is 5.32 Å². The van der Waals surface area contributed by atoms with Gasteiger partial charge >= 0.3 is 8.60 Å². The van der Waals surface area contributed by atoms with E-state index < -0.39 is 8.60 Å². The minimum absolute atomic E-state index is 0.958. The Morgan fingerprint density at radius 2 is 2.00 bits per heavy atom. The lowest BCUT2D eigenvalue weighted by Crippen LogP contribution is -2.04. The summed E-state index contributed by atoms with van der Waals surface area (Å²) in [7, 11) is -2.62. The van der Waals surface area contributed by atoms with Gasteiger partial charge in [0.05, 0.1) is 12.9 Å². The third-order valence-corrected chi connectivity index (χ3v) is 0.568. The summed E-state index contributed by atoms with van der Waals surface area (Å²) >= 11 is 0. The molecule has 1 aliphatic rings. The first-order valence-corrected chi connectivity index (χ1v) is 3.52. The van der Waals surface area contributed by atoms with Crippen LogP contribution in [0, 0.1) is 0 Å². The van der Waals surface area contributed by atoms with Crippen LogP contribution in [0.1, 0.15) is 0 Å². The van der Waals surface area contributed by atoms with Crippen molar-refractivity contribution in [3.63, 3.8) is 0 Å². The van der Waals surface area contributed by atoms with Gasteiger partial charge in [-0.2, -0.15) is 0 Å². The smallest absolute Gasteiger partial charge is 0.324 e. The van der Waals surface area contributed by atoms with E-state index in [1.807, 2.05) is 0 Å². The van der Waals surface area contributed by atoms with Crippen molar-refractivity contribution in [3.8, 4) is 0 Å². The molecular weight excluding hydrogens is 143 g/mol. The van der Waals surface area contributed by atoms with Crippen LogP contribution in [0.3, 0.4) is 0 Å². The number of nitrogens with zero attached hydrogens (tertiary/aromatic N) is 1. The molecule has 0 fully saturated rings. The van der Waals surface area contributed by atoms with Crippen LogP contribution in [0.25, 0.3) is 0 Å². The van der Waals surface area contributed by atoms with Crippen LogP contribution in [0.4, 0.5) is 0 Å². The van der Waals surface area contributed by atoms with Gasteiger partial charge in [-0.1, -0.05) is 0 Å². The van der Waals surface area contributed by atoms with Crippen LogP contribution in [-0.4, -0.2) is 34.1 Å². The summed E-state index contributed by atoms with van der Waals surface area (Å²) in [5.41, 5.74) is 0. The largest absolute Gasteiger partial charge is 0.375 e. The molecule has 0 aromatic heterocycles. The first-order chi connectivity index (χ1) is 4.23. The van der Waals surface area contributed by atoms with Crippen molar-refractivity contribution in [1.29, 1.82) is 0 Å². The third kappa shape index (κ3) is 11.4. The number of aliphatic imine (C=N–C) groups is 1. The molecule has 1 heterocycles. The molecule has 9 heavy (non-hydrogen) atoms. The second-order valence-electron chi connectivity index (χ2n) is 1.26. The second kappa shape index (κ2) is 5.91. The molecule has 0 saturated heterocycles. The van der Waals surface area contributed by atoms with Gasteiger partial charge in [0.25, 0.3) is 0 Å². The van der Waals surface area contributed by atoms with Crippen molar-refractivity contribution in [2.45, 2.75) is 0 Å². The Morgan fingerprint density at radius 3 is 2.11 bits per heavy atom. The van der Waals surface area contributed by atoms with Crippen molar-refractivity contribution in [2.75, 3.05) is 13.1 Å². The fraction of sp³-hybridized carbons (Fsp3) is 0.667. The number of hydrogen-bond donors (Lipinski definition) is 4. The Morgan fingerprint density at radius 1 is 1.44 bits per heavy atom. The predicted molar refractivity (Wildman–Crippen MR) is 34.9 cm³/mol. The zero-order chi connectivity index (χ0) is 7.11. The molecule has 5 nitrogen and oxygen atoms in total. The summed E-state index contributed by atoms with van der Waals surface area (Å²) in [6.07, 6.45) is 1.74. The van der Waals surface area contributed by atoms with E-state index in [0.29, 0.717) is 0 Å². The molecule has 0 aliphatic carbocycles. The van der Waals surface area contributed by atoms with Gasteiger partial charge in [0.15, 0.2) is 0 Å². The number of nitrogens with one attached hydrogen (secondary N) is 1. The van der Waals surface area contributed by atoms with Crippen molar-refractivity contribution >= 4 is 14.9 Å². The predicted octanol–water partition coefficient (Wildman–Crippen LogP) is -1.19. The van der Waals surface area contributed by atoms with E-state index in [1.54, 1.807) is 6.34 Å². The first-order valence-electron chi connectivity index (χ1n) is 2.32. The van der Waals surface area contributed by atoms with E-state index in [9.17, 15) is 0 Å². The topological polar surface area (TPSA) is 85.1 Å². The summed E-state index contributed by atoms with van der Waals surface area (Å²) in [5.74, 6) is 0. The highest BCUT2D eigenvalue weighted by atomic mass is 31.2. The minimum atomic E-state index is -2.62. The van der Waals surface area contributed by atoms with Crippen molar-refractivity contribution in [1.82, 2.24) is 5.32 Å². The quantitative estimate of drug-likeness (QED) is 0.329. The van der Waals surface area contributed by atoms with Gasteiger partial charge in [-0.3, -0.25) is 4.99 Å². The maximum atomic E-state index is 7.23. The fourth-order valence-electron chi connectivity index (χ4n) is 0.323. The fourth-order valence-corrected chi connectivity index (χ4v) is 0.323. The van der Waals surface area contributed by atoms with Crippen LogP contribution >= 0.6 is 8.60 Å². The Balaban J connectivity index is 0.000000148. The van der Waals surface area contributed by atoms with E-state index in [0.717, 1.165) is 13.1 Å². The van der Waals surface area contributed by atoms with Crippen molar-refractivity contribution in [2.24, 2.45) is 4.99 Å². The van der Waals surface area contributed by atoms with E-state index >= 15 is 0 Å². The summed E-state index contributed by atoms with van der Waals surface area (Å²) in [4.78, 5) is 25.5. The Hall–Kier alpha value is -0.220. The highest BCUT2D eigenvalue weighted by molar-refractivity contribution is 7.38. The van der Waals surface area contributed by atoms with Gasteiger partial charge in [-0.15, -0.1) is 0 Å². The summed E-state index contributed by atoms with van der Waals surface area (Å²) in [6, 6.07) is 0. The van der Waals surface area contributed by atoms with Crippen molar-refractivity contribution < 1.29 is 14.7 Å². The van der Waals surface area contributed by atoms with E-state index in [-0.39, 0.29) is 0 Å². The Labute approximate surface area is 54.1 Å². The van der Waals surface area contributed by atoms with Crippen LogP contribution in [0.2, 0.25) is 0 Å². The highest BCUT2D eigenvalue weighted by Gasteiger charge is 1.82. The molecule has 0 bridgehead atoms. The monoisotopic (exact) mass is 152 g/mol. The molecule has 0 unspecified atom stereocenters. The highest BCUT2D eigenvalue weighted by Crippen LogP contribution is 2.11. The minimum Gasteiger partial charge on any atom is -0.375 e. The first kappa shape index (κ1) is 8.78. The molecule has 0 radical (unpaired) electrons. The second-order valence-corrected chi connectivity index (χ2v) is 1.79. The molecule has 1 aliphatic heterocycles. The zero-order valence-electron chi connectivity index (χ0n) is 4.73. The normalized spacial score (nSPS) is 14.7. The van der Waals surface area contributed by atoms with Crippen LogP contribution in [0.15, 0.2) is 4.99 Å². The zero-order valence-corrected chi connectivity index (χ0v) is 5.62. The van der Waals surface area contributed by atoms with E-state index in [4.69, 9.17) is 14.7 Å². The van der Waals surface area contributed by atoms with E-state index in [2.05, 4.69) is 10.3 Å². The standard InChI is InChI=1S/C3H6N2.H3O3P/c1-2-5-3-4-1;1-4(2)3/h3H,1-2H2,(H,4,5);1-3H. The summed E-state index contributed by atoms with van der Waals surface area (Å²) in [6.45, 7) is 1.99. The molecule has 54 valence electrons. The SMILES string of the molecule is C1=NCCN1.OP(O)O. The molecule has 0 spiro atoms. The average molecular weight is 152 g/mol. The van der Waals surface area contributed by atoms with Gasteiger partial charge in [0, 0.05) is 6.54 Å². The lowest BCUT2D eigenvalue weighted by molar-refractivity contribution is 0.368. The van der Waals surface area contributed by atoms with Crippen LogP contribution in [0.5, 0.6) is 0 Å². The third-order valence-electron chi connectivity index (χ3n) is 0.568. The molecule has 0 saturated carbocycles. The molecule has 4 N–H and O–H groups in total. The lowest BCUT2D eigenvalue weighted by Gasteiger charge is -1.76. The molecule has 0 aromatic carbocycles. The van der Waals surface area contributed by atoms with Gasteiger partial charge < -0.3 is 20.0 Å². The molecule has 0 aromatic rings. The Kier molecular flexibility index (Phi) is 5.76. The number of hydrogen-bond acceptors (Lipinski definition) is 5. The average Bonchev–Trinajstić information content (AvgIpc) is 2.11. The molecule has 0 amide bonds. The van der Waals surface area contributed by atoms with Gasteiger partial charge in [-0.25, -0.2) is 0 Å². The molecule has 6 heteroatoms. The van der Waals surface area contributed by atoms with Crippen molar-refractivity contribution in [3.05, 3.63) is 0 Å². The maximum absolute atomic E-state index is 7.23. The molecule has 1 rings (SSSR count). The summed E-state index contributed by atoms with van der Waals surface area (Å²) < 4.78 is 0. The van der Waals surface area contributed by atoms with Gasteiger partial charge in [-0.05, 0) is 0 Å². The van der Waals surface area contributed by atoms with E-state index in [1.165, 1.54) is 0 Å². The van der Waals surface area contributed by atoms with Crippen LogP contribution in [-0.2, 0) is 0 Å². The molecular formula is C3H9N2O3P.